The molecule has 0 fully saturated rings. The van der Waals surface area contributed by atoms with Crippen molar-refractivity contribution in [3.63, 3.8) is 0 Å². The first-order valence-electron chi connectivity index (χ1n) is 20.8. The summed E-state index contributed by atoms with van der Waals surface area (Å²) in [6, 6.07) is 0. The van der Waals surface area contributed by atoms with E-state index in [4.69, 9.17) is 18.3 Å². The van der Waals surface area contributed by atoms with Gasteiger partial charge in [0.25, 0.3) is 0 Å². The highest BCUT2D eigenvalue weighted by Crippen LogP contribution is 2.29. The van der Waals surface area contributed by atoms with Gasteiger partial charge in [0, 0.05) is 13.8 Å². The van der Waals surface area contributed by atoms with Gasteiger partial charge in [-0.3, -0.25) is 9.59 Å². The summed E-state index contributed by atoms with van der Waals surface area (Å²) in [6.45, 7) is 36.5. The topological polar surface area (TPSA) is 71.1 Å². The summed E-state index contributed by atoms with van der Waals surface area (Å²) in [4.78, 5) is 23.6. The number of carbonyl (C=O) groups is 2. The van der Waals surface area contributed by atoms with E-state index in [2.05, 4.69) is 178 Å². The third-order valence-electron chi connectivity index (χ3n) is 8.65. The summed E-state index contributed by atoms with van der Waals surface area (Å²) in [7, 11) is -3.61. The van der Waals surface area contributed by atoms with Crippen LogP contribution in [0.3, 0.4) is 0 Å². The second kappa shape index (κ2) is 26.5. The lowest BCUT2D eigenvalue weighted by atomic mass is 9.95. The molecule has 0 bridgehead atoms. The van der Waals surface area contributed by atoms with Gasteiger partial charge < -0.3 is 18.3 Å². The van der Waals surface area contributed by atoms with Crippen molar-refractivity contribution in [3.05, 3.63) is 131 Å². The average Bonchev–Trinajstić information content (AvgIpc) is 3.04. The largest absolute Gasteiger partial charge is 0.460 e. The summed E-state index contributed by atoms with van der Waals surface area (Å²) >= 11 is 0. The highest BCUT2D eigenvalue weighted by molar-refractivity contribution is 6.70. The molecule has 324 valence electrons. The molecular weight excluding hydrogens is 753 g/mol. The second-order valence-electron chi connectivity index (χ2n) is 18.4. The summed E-state index contributed by atoms with van der Waals surface area (Å²) in [5, 5.41) is 0. The molecule has 0 N–H and O–H groups in total. The summed E-state index contributed by atoms with van der Waals surface area (Å²) in [5.74, 6) is -0.550. The Morgan fingerprint density at radius 3 is 0.966 bits per heavy atom. The molecule has 0 heterocycles. The second-order valence-corrected chi connectivity index (χ2v) is 27.3. The summed E-state index contributed by atoms with van der Waals surface area (Å²) in [5.41, 5.74) is 5.98. The Balaban J connectivity index is 5.11. The molecule has 0 unspecified atom stereocenters. The number of hydrogen-bond acceptors (Lipinski definition) is 6. The zero-order valence-electron chi connectivity index (χ0n) is 39.7. The van der Waals surface area contributed by atoms with Crippen LogP contribution in [0.25, 0.3) is 0 Å². The Hall–Kier alpha value is -3.57. The van der Waals surface area contributed by atoms with Crippen LogP contribution in [0.4, 0.5) is 0 Å². The zero-order chi connectivity index (χ0) is 44.7. The van der Waals surface area contributed by atoms with Gasteiger partial charge in [0.15, 0.2) is 16.6 Å². The van der Waals surface area contributed by atoms with E-state index in [1.54, 1.807) is 0 Å². The molecule has 0 rings (SSSR count). The highest BCUT2D eigenvalue weighted by Gasteiger charge is 2.38. The van der Waals surface area contributed by atoms with Crippen molar-refractivity contribution in [1.29, 1.82) is 0 Å². The molecule has 0 spiro atoms. The monoisotopic (exact) mass is 833 g/mol. The molecule has 0 aromatic carbocycles. The van der Waals surface area contributed by atoms with E-state index in [9.17, 15) is 9.59 Å². The van der Waals surface area contributed by atoms with Crippen molar-refractivity contribution < 1.29 is 27.9 Å². The number of esters is 2. The van der Waals surface area contributed by atoms with Crippen molar-refractivity contribution in [3.8, 4) is 0 Å². The molecule has 0 radical (unpaired) electrons. The van der Waals surface area contributed by atoms with Crippen molar-refractivity contribution in [2.75, 3.05) is 0 Å². The fourth-order valence-corrected chi connectivity index (χ4v) is 9.58. The molecule has 0 saturated heterocycles. The van der Waals surface area contributed by atoms with Gasteiger partial charge in [-0.15, -0.1) is 0 Å². The predicted molar refractivity (Wildman–Crippen MR) is 255 cm³/mol. The lowest BCUT2D eigenvalue weighted by molar-refractivity contribution is -0.158. The van der Waals surface area contributed by atoms with Gasteiger partial charge >= 0.3 is 11.9 Å². The quantitative estimate of drug-likeness (QED) is 0.0548. The molecule has 58 heavy (non-hydrogen) atoms. The standard InChI is InChI=1S/C50H80O6Si2/c1-39(27-21-29-41(3)31-23-33-43(5)35-37-47(53-45(7)51)49(9,10)55-57(13,14)15)25-19-20-26-40(2)28-22-30-42(4)32-24-34-44(6)36-38-48(54-46(8)52)50(11,12)56-58(16,17)18/h19-34,47-48H,35-38H2,1-18H3/b20-19+,27-21+,28-22+,31-23-,32-24+,39-25+,40-26+,41-29+,42-30+,43-33+,44-34+/t47-,48-/m1/s1. The van der Waals surface area contributed by atoms with E-state index < -0.39 is 27.8 Å². The fraction of sp³-hybridized carbons (Fsp3) is 0.520. The van der Waals surface area contributed by atoms with Gasteiger partial charge in [-0.2, -0.15) is 0 Å². The van der Waals surface area contributed by atoms with Crippen molar-refractivity contribution in [2.24, 2.45) is 0 Å². The van der Waals surface area contributed by atoms with E-state index in [0.29, 0.717) is 12.8 Å². The Kier molecular flexibility index (Phi) is 24.9. The Bertz CT molecular complexity index is 1530. The van der Waals surface area contributed by atoms with E-state index in [-0.39, 0.29) is 24.1 Å². The lowest BCUT2D eigenvalue weighted by Crippen LogP contribution is -2.48. The molecule has 6 nitrogen and oxygen atoms in total. The first kappa shape index (κ1) is 54.4. The van der Waals surface area contributed by atoms with Gasteiger partial charge in [0.1, 0.15) is 12.2 Å². The average molecular weight is 833 g/mol. The molecule has 0 aliphatic heterocycles. The van der Waals surface area contributed by atoms with Crippen LogP contribution in [0.5, 0.6) is 0 Å². The first-order chi connectivity index (χ1) is 26.6. The molecule has 0 aromatic heterocycles. The fourth-order valence-electron chi connectivity index (χ4n) is 6.16. The maximum absolute atomic E-state index is 11.8. The molecule has 0 amide bonds. The van der Waals surface area contributed by atoms with Gasteiger partial charge in [-0.05, 0) is 134 Å². The first-order valence-corrected chi connectivity index (χ1v) is 27.6. The number of rotatable bonds is 24. The minimum atomic E-state index is -1.80. The van der Waals surface area contributed by atoms with Crippen LogP contribution < -0.4 is 0 Å². The summed E-state index contributed by atoms with van der Waals surface area (Å²) in [6.07, 6.45) is 35.9. The molecule has 8 heteroatoms. The van der Waals surface area contributed by atoms with E-state index >= 15 is 0 Å². The van der Waals surface area contributed by atoms with Gasteiger partial charge in [-0.25, -0.2) is 0 Å². The zero-order valence-corrected chi connectivity index (χ0v) is 41.7. The van der Waals surface area contributed by atoms with E-state index in [1.165, 1.54) is 25.0 Å². The normalized spacial score (nSPS) is 16.4. The van der Waals surface area contributed by atoms with Crippen molar-refractivity contribution >= 4 is 28.6 Å². The van der Waals surface area contributed by atoms with Crippen LogP contribution in [0.2, 0.25) is 39.3 Å². The predicted octanol–water partition coefficient (Wildman–Crippen LogP) is 14.1. The number of carbonyl (C=O) groups excluding carboxylic acids is 2. The Labute approximate surface area is 357 Å². The van der Waals surface area contributed by atoms with Crippen LogP contribution in [0, 0.1) is 0 Å². The molecular formula is C50H80O6Si2. The van der Waals surface area contributed by atoms with Crippen LogP contribution in [0.15, 0.2) is 131 Å². The number of hydrogen-bond donors (Lipinski definition) is 0. The maximum atomic E-state index is 11.8. The molecule has 0 saturated carbocycles. The molecule has 0 aromatic rings. The van der Waals surface area contributed by atoms with Crippen LogP contribution in [0.1, 0.15) is 109 Å². The Morgan fingerprint density at radius 2 is 0.707 bits per heavy atom. The smallest absolute Gasteiger partial charge is 0.303 e. The summed E-state index contributed by atoms with van der Waals surface area (Å²) < 4.78 is 24.1. The van der Waals surface area contributed by atoms with Crippen LogP contribution in [-0.4, -0.2) is 52.0 Å². The van der Waals surface area contributed by atoms with Crippen molar-refractivity contribution in [1.82, 2.24) is 0 Å². The third kappa shape index (κ3) is 28.8. The van der Waals surface area contributed by atoms with E-state index in [1.807, 2.05) is 27.7 Å². The molecule has 0 aliphatic carbocycles. The van der Waals surface area contributed by atoms with Crippen LogP contribution >= 0.6 is 0 Å². The minimum Gasteiger partial charge on any atom is -0.460 e. The number of ether oxygens (including phenoxy) is 2. The highest BCUT2D eigenvalue weighted by atomic mass is 28.4. The maximum Gasteiger partial charge on any atom is 0.303 e. The number of allylic oxidation sites excluding steroid dienone is 22. The third-order valence-corrected chi connectivity index (χ3v) is 10.9. The van der Waals surface area contributed by atoms with Gasteiger partial charge in [0.2, 0.25) is 0 Å². The minimum absolute atomic E-state index is 0.275. The van der Waals surface area contributed by atoms with Crippen molar-refractivity contribution in [2.45, 2.75) is 171 Å². The lowest BCUT2D eigenvalue weighted by Gasteiger charge is -2.38. The molecule has 2 atom stereocenters. The Morgan fingerprint density at radius 1 is 0.448 bits per heavy atom. The van der Waals surface area contributed by atoms with E-state index in [0.717, 1.165) is 35.1 Å². The van der Waals surface area contributed by atoms with Gasteiger partial charge in [0.05, 0.1) is 11.2 Å². The van der Waals surface area contributed by atoms with Crippen LogP contribution in [-0.2, 0) is 27.9 Å². The molecule has 0 aliphatic rings. The van der Waals surface area contributed by atoms with Gasteiger partial charge in [-0.1, -0.05) is 131 Å². The SMILES string of the molecule is CC(=O)O[C@H](CC/C(C)=C/C=C\C(C)=C\C=C\C(C)=C\C=C\C=C(C)\C=C\C=C(C)\C=C\C=C(/C)CC[C@@H](OC(C)=O)C(C)(C)O[Si](C)(C)C)C(C)(C)O[Si](C)(C)C.